The molecule has 0 atom stereocenters. The van der Waals surface area contributed by atoms with Crippen LogP contribution in [0.15, 0.2) is 120 Å². The molecule has 4 rings (SSSR count). The van der Waals surface area contributed by atoms with Crippen molar-refractivity contribution in [1.82, 2.24) is 9.62 Å². The van der Waals surface area contributed by atoms with Crippen LogP contribution in [0.25, 0.3) is 0 Å². The third-order valence-corrected chi connectivity index (χ3v) is 7.60. The van der Waals surface area contributed by atoms with Crippen molar-refractivity contribution in [3.8, 4) is 0 Å². The molecule has 4 aromatic rings. The summed E-state index contributed by atoms with van der Waals surface area (Å²) >= 11 is 6.00. The van der Waals surface area contributed by atoms with Gasteiger partial charge in [-0.05, 0) is 41.0 Å². The summed E-state index contributed by atoms with van der Waals surface area (Å²) in [6.07, 6.45) is 0. The van der Waals surface area contributed by atoms with Gasteiger partial charge in [0.1, 0.15) is 0 Å². The maximum atomic E-state index is 13.5. The molecule has 0 fully saturated rings. The molecule has 0 spiro atoms. The zero-order valence-corrected chi connectivity index (χ0v) is 20.5. The molecule has 35 heavy (non-hydrogen) atoms. The van der Waals surface area contributed by atoms with Crippen LogP contribution in [0.4, 0.5) is 0 Å². The molecule has 0 saturated carbocycles. The molecular weight excluding hydrogens is 480 g/mol. The second-order valence-electron chi connectivity index (χ2n) is 8.03. The Bertz CT molecular complexity index is 1310. The smallest absolute Gasteiger partial charge is 0.243 e. The molecule has 5 nitrogen and oxygen atoms in total. The average molecular weight is 505 g/mol. The maximum absolute atomic E-state index is 13.5. The molecule has 7 heteroatoms. The van der Waals surface area contributed by atoms with Crippen LogP contribution in [0.3, 0.4) is 0 Å². The number of rotatable bonds is 9. The molecule has 4 aromatic carbocycles. The van der Waals surface area contributed by atoms with Crippen LogP contribution >= 0.6 is 11.6 Å². The number of amides is 1. The van der Waals surface area contributed by atoms with E-state index in [9.17, 15) is 13.2 Å². The minimum absolute atomic E-state index is 0.0309. The fourth-order valence-electron chi connectivity index (χ4n) is 3.78. The quantitative estimate of drug-likeness (QED) is 0.330. The van der Waals surface area contributed by atoms with Crippen LogP contribution in [-0.2, 0) is 21.4 Å². The lowest BCUT2D eigenvalue weighted by atomic mass is 9.99. The number of benzene rings is 4. The summed E-state index contributed by atoms with van der Waals surface area (Å²) in [7, 11) is -3.93. The van der Waals surface area contributed by atoms with E-state index in [2.05, 4.69) is 5.32 Å². The first-order valence-electron chi connectivity index (χ1n) is 11.1. The molecule has 1 amide bonds. The number of halogens is 1. The van der Waals surface area contributed by atoms with E-state index in [0.29, 0.717) is 5.02 Å². The summed E-state index contributed by atoms with van der Waals surface area (Å²) in [5.74, 6) is -0.406. The van der Waals surface area contributed by atoms with E-state index in [1.165, 1.54) is 16.4 Å². The maximum Gasteiger partial charge on any atom is 0.243 e. The molecule has 1 N–H and O–H groups in total. The molecule has 0 saturated heterocycles. The summed E-state index contributed by atoms with van der Waals surface area (Å²) in [5, 5.41) is 3.59. The van der Waals surface area contributed by atoms with Crippen molar-refractivity contribution in [3.63, 3.8) is 0 Å². The Balaban J connectivity index is 1.62. The summed E-state index contributed by atoms with van der Waals surface area (Å²) in [6, 6.07) is 33.8. The van der Waals surface area contributed by atoms with Crippen molar-refractivity contribution in [2.45, 2.75) is 17.5 Å². The molecule has 0 aromatic heterocycles. The predicted octanol–water partition coefficient (Wildman–Crippen LogP) is 5.44. The third-order valence-electron chi connectivity index (χ3n) is 5.54. The third kappa shape index (κ3) is 6.36. The van der Waals surface area contributed by atoms with E-state index < -0.39 is 22.0 Å². The van der Waals surface area contributed by atoms with Crippen LogP contribution in [0, 0.1) is 0 Å². The Morgan fingerprint density at radius 2 is 1.23 bits per heavy atom. The standard InChI is InChI=1S/C28H25ClN2O3S/c29-25-18-16-22(17-19-25)20-31(35(33,34)26-14-8-3-9-15-26)21-27(32)30-28(23-10-4-1-5-11-23)24-12-6-2-7-13-24/h1-19,28H,20-21H2,(H,30,32). The summed E-state index contributed by atoms with van der Waals surface area (Å²) in [4.78, 5) is 13.4. The normalized spacial score (nSPS) is 11.5. The van der Waals surface area contributed by atoms with Crippen molar-refractivity contribution in [1.29, 1.82) is 0 Å². The highest BCUT2D eigenvalue weighted by molar-refractivity contribution is 7.89. The summed E-state index contributed by atoms with van der Waals surface area (Å²) in [6.45, 7) is -0.306. The van der Waals surface area contributed by atoms with E-state index in [1.54, 1.807) is 42.5 Å². The van der Waals surface area contributed by atoms with Crippen molar-refractivity contribution >= 4 is 27.5 Å². The van der Waals surface area contributed by atoms with Gasteiger partial charge in [0.25, 0.3) is 0 Å². The number of hydrogen-bond donors (Lipinski definition) is 1. The van der Waals surface area contributed by atoms with Gasteiger partial charge in [-0.3, -0.25) is 4.79 Å². The van der Waals surface area contributed by atoms with Crippen molar-refractivity contribution < 1.29 is 13.2 Å². The predicted molar refractivity (Wildman–Crippen MR) is 138 cm³/mol. The highest BCUT2D eigenvalue weighted by atomic mass is 35.5. The number of nitrogens with one attached hydrogen (secondary N) is 1. The number of sulfonamides is 1. The Morgan fingerprint density at radius 1 is 0.743 bits per heavy atom. The molecule has 0 aliphatic rings. The Morgan fingerprint density at radius 3 is 1.74 bits per heavy atom. The molecule has 0 bridgehead atoms. The van der Waals surface area contributed by atoms with Gasteiger partial charge in [0, 0.05) is 11.6 Å². The van der Waals surface area contributed by atoms with Gasteiger partial charge in [-0.2, -0.15) is 4.31 Å². The van der Waals surface area contributed by atoms with Crippen LogP contribution in [0.5, 0.6) is 0 Å². The summed E-state index contributed by atoms with van der Waals surface area (Å²) < 4.78 is 28.2. The highest BCUT2D eigenvalue weighted by Gasteiger charge is 2.28. The van der Waals surface area contributed by atoms with E-state index in [0.717, 1.165) is 16.7 Å². The molecule has 0 heterocycles. The highest BCUT2D eigenvalue weighted by Crippen LogP contribution is 2.23. The van der Waals surface area contributed by atoms with Gasteiger partial charge in [0.15, 0.2) is 0 Å². The van der Waals surface area contributed by atoms with E-state index in [-0.39, 0.29) is 18.0 Å². The Labute approximate surface area is 211 Å². The van der Waals surface area contributed by atoms with Gasteiger partial charge in [-0.1, -0.05) is 103 Å². The largest absolute Gasteiger partial charge is 0.344 e. The first-order valence-corrected chi connectivity index (χ1v) is 12.9. The Kier molecular flexibility index (Phi) is 7.98. The second-order valence-corrected chi connectivity index (χ2v) is 10.4. The Hall–Kier alpha value is -3.45. The fourth-order valence-corrected chi connectivity index (χ4v) is 5.31. The second kappa shape index (κ2) is 11.3. The van der Waals surface area contributed by atoms with E-state index in [1.807, 2.05) is 60.7 Å². The molecule has 0 aliphatic carbocycles. The first-order chi connectivity index (χ1) is 16.9. The minimum Gasteiger partial charge on any atom is -0.344 e. The van der Waals surface area contributed by atoms with Crippen molar-refractivity contribution in [3.05, 3.63) is 137 Å². The molecule has 178 valence electrons. The van der Waals surface area contributed by atoms with Gasteiger partial charge in [-0.15, -0.1) is 0 Å². The first kappa shape index (κ1) is 24.7. The zero-order chi connectivity index (χ0) is 24.7. The van der Waals surface area contributed by atoms with Gasteiger partial charge in [0.05, 0.1) is 17.5 Å². The lowest BCUT2D eigenvalue weighted by molar-refractivity contribution is -0.121. The van der Waals surface area contributed by atoms with E-state index >= 15 is 0 Å². The SMILES string of the molecule is O=C(CN(Cc1ccc(Cl)cc1)S(=O)(=O)c1ccccc1)NC(c1ccccc1)c1ccccc1. The monoisotopic (exact) mass is 504 g/mol. The number of nitrogens with zero attached hydrogens (tertiary/aromatic N) is 1. The fraction of sp³-hybridized carbons (Fsp3) is 0.107. The number of carbonyl (C=O) groups is 1. The minimum atomic E-state index is -3.93. The topological polar surface area (TPSA) is 66.5 Å². The van der Waals surface area contributed by atoms with E-state index in [4.69, 9.17) is 11.6 Å². The zero-order valence-electron chi connectivity index (χ0n) is 18.9. The van der Waals surface area contributed by atoms with Crippen molar-refractivity contribution in [2.75, 3.05) is 6.54 Å². The van der Waals surface area contributed by atoms with Gasteiger partial charge in [-0.25, -0.2) is 8.42 Å². The summed E-state index contributed by atoms with van der Waals surface area (Å²) in [5.41, 5.74) is 2.54. The number of carbonyl (C=O) groups excluding carboxylic acids is 1. The molecule has 0 aliphatic heterocycles. The molecule has 0 unspecified atom stereocenters. The van der Waals surface area contributed by atoms with Crippen LogP contribution in [-0.4, -0.2) is 25.2 Å². The van der Waals surface area contributed by atoms with Gasteiger partial charge >= 0.3 is 0 Å². The van der Waals surface area contributed by atoms with Crippen LogP contribution in [0.2, 0.25) is 5.02 Å². The molecular formula is C28H25ClN2O3S. The lowest BCUT2D eigenvalue weighted by Crippen LogP contribution is -2.41. The van der Waals surface area contributed by atoms with Crippen LogP contribution < -0.4 is 5.32 Å². The van der Waals surface area contributed by atoms with Crippen LogP contribution in [0.1, 0.15) is 22.7 Å². The molecule has 0 radical (unpaired) electrons. The van der Waals surface area contributed by atoms with Gasteiger partial charge < -0.3 is 5.32 Å². The number of hydrogen-bond acceptors (Lipinski definition) is 3. The average Bonchev–Trinajstić information content (AvgIpc) is 2.89. The van der Waals surface area contributed by atoms with Crippen molar-refractivity contribution in [2.24, 2.45) is 0 Å². The van der Waals surface area contributed by atoms with Gasteiger partial charge in [0.2, 0.25) is 15.9 Å². The lowest BCUT2D eigenvalue weighted by Gasteiger charge is -2.25.